The van der Waals surface area contributed by atoms with Crippen molar-refractivity contribution in [3.8, 4) is 0 Å². The summed E-state index contributed by atoms with van der Waals surface area (Å²) >= 11 is 1.52. The summed E-state index contributed by atoms with van der Waals surface area (Å²) in [6.45, 7) is 0.621. The average molecular weight is 293 g/mol. The molecule has 3 N–H and O–H groups in total. The third-order valence-corrected chi connectivity index (χ3v) is 4.87. The molecule has 0 aromatic carbocycles. The first-order valence-electron chi connectivity index (χ1n) is 7.05. The maximum atomic E-state index is 11.4. The van der Waals surface area contributed by atoms with Gasteiger partial charge < -0.3 is 15.7 Å². The Labute approximate surface area is 122 Å². The fourth-order valence-corrected chi connectivity index (χ4v) is 3.46. The van der Waals surface area contributed by atoms with Crippen molar-refractivity contribution in [2.45, 2.75) is 49.3 Å². The van der Waals surface area contributed by atoms with E-state index in [1.807, 2.05) is 12.3 Å². The lowest BCUT2D eigenvalue weighted by Gasteiger charge is -2.28. The van der Waals surface area contributed by atoms with Gasteiger partial charge in [0.2, 0.25) is 5.91 Å². The molecule has 0 spiro atoms. The van der Waals surface area contributed by atoms with Gasteiger partial charge in [-0.15, -0.1) is 11.8 Å². The molecule has 2 atom stereocenters. The predicted molar refractivity (Wildman–Crippen MR) is 78.7 cm³/mol. The van der Waals surface area contributed by atoms with Crippen LogP contribution in [0.3, 0.4) is 0 Å². The van der Waals surface area contributed by atoms with Crippen LogP contribution in [0.15, 0.2) is 17.2 Å². The molecule has 20 heavy (non-hydrogen) atoms. The van der Waals surface area contributed by atoms with E-state index in [0.29, 0.717) is 12.3 Å². The molecule has 0 saturated heterocycles. The highest BCUT2D eigenvalue weighted by Crippen LogP contribution is 2.30. The van der Waals surface area contributed by atoms with Crippen molar-refractivity contribution in [3.05, 3.63) is 18.0 Å². The molecule has 0 bridgehead atoms. The van der Waals surface area contributed by atoms with E-state index in [1.165, 1.54) is 18.2 Å². The zero-order valence-corrected chi connectivity index (χ0v) is 12.1. The zero-order valence-electron chi connectivity index (χ0n) is 11.3. The monoisotopic (exact) mass is 293 g/mol. The van der Waals surface area contributed by atoms with E-state index in [0.717, 1.165) is 35.5 Å². The second-order valence-electron chi connectivity index (χ2n) is 5.35. The normalized spacial score (nSPS) is 25.9. The third kappa shape index (κ3) is 3.13. The lowest BCUT2D eigenvalue weighted by Crippen LogP contribution is -2.41. The number of rotatable bonds is 3. The van der Waals surface area contributed by atoms with Gasteiger partial charge in [0.05, 0.1) is 23.2 Å². The Bertz CT molecular complexity index is 509. The number of nitrogens with one attached hydrogen (secondary N) is 2. The molecule has 0 radical (unpaired) electrons. The molecule has 1 aromatic heterocycles. The summed E-state index contributed by atoms with van der Waals surface area (Å²) in [4.78, 5) is 16.8. The molecule has 3 rings (SSSR count). The van der Waals surface area contributed by atoms with Crippen LogP contribution in [0.25, 0.3) is 0 Å². The molecule has 1 amide bonds. The summed E-state index contributed by atoms with van der Waals surface area (Å²) in [6.07, 6.45) is 5.73. The largest absolute Gasteiger partial charge is 0.392 e. The fraction of sp³-hybridized carbons (Fsp3) is 0.571. The molecule has 0 unspecified atom stereocenters. The summed E-state index contributed by atoms with van der Waals surface area (Å²) in [5.74, 6) is 0.496. The average Bonchev–Trinajstić information content (AvgIpc) is 2.46. The smallest absolute Gasteiger partial charge is 0.234 e. The number of thioether (sulfide) groups is 1. The van der Waals surface area contributed by atoms with Crippen molar-refractivity contribution in [2.75, 3.05) is 11.1 Å². The molecule has 5 nitrogen and oxygen atoms in total. The van der Waals surface area contributed by atoms with Crippen molar-refractivity contribution >= 4 is 23.4 Å². The SMILES string of the molecule is O=C1CSc2cnc(CN[C@H]3CCCC[C@@H]3O)cc2N1. The number of aromatic nitrogens is 1. The number of aliphatic hydroxyl groups is 1. The van der Waals surface area contributed by atoms with E-state index in [9.17, 15) is 9.90 Å². The predicted octanol–water partition coefficient (Wildman–Crippen LogP) is 1.52. The number of nitrogens with zero attached hydrogens (tertiary/aromatic N) is 1. The Hall–Kier alpha value is -1.11. The van der Waals surface area contributed by atoms with Crippen molar-refractivity contribution in [3.63, 3.8) is 0 Å². The Morgan fingerprint density at radius 2 is 2.30 bits per heavy atom. The quantitative estimate of drug-likeness (QED) is 0.788. The Balaban J connectivity index is 1.63. The first kappa shape index (κ1) is 13.9. The van der Waals surface area contributed by atoms with Gasteiger partial charge in [0.15, 0.2) is 0 Å². The van der Waals surface area contributed by atoms with Crippen molar-refractivity contribution < 1.29 is 9.90 Å². The standard InChI is InChI=1S/C14H19N3O2S/c18-12-4-2-1-3-10(12)16-6-9-5-11-13(7-15-9)20-8-14(19)17-11/h5,7,10,12,16,18H,1-4,6,8H2,(H,17,19)/t10-,12-/m0/s1. The van der Waals surface area contributed by atoms with E-state index >= 15 is 0 Å². The maximum Gasteiger partial charge on any atom is 0.234 e. The van der Waals surface area contributed by atoms with Crippen LogP contribution >= 0.6 is 11.8 Å². The maximum absolute atomic E-state index is 11.4. The van der Waals surface area contributed by atoms with Crippen LogP contribution in [0, 0.1) is 0 Å². The lowest BCUT2D eigenvalue weighted by atomic mass is 9.92. The van der Waals surface area contributed by atoms with Gasteiger partial charge in [-0.05, 0) is 18.9 Å². The minimum atomic E-state index is -0.253. The first-order valence-corrected chi connectivity index (χ1v) is 8.04. The molecular formula is C14H19N3O2S. The summed E-state index contributed by atoms with van der Waals surface area (Å²) in [7, 11) is 0. The molecule has 2 aliphatic rings. The van der Waals surface area contributed by atoms with Crippen LogP contribution in [-0.4, -0.2) is 33.9 Å². The van der Waals surface area contributed by atoms with E-state index < -0.39 is 0 Å². The van der Waals surface area contributed by atoms with Gasteiger partial charge in [-0.1, -0.05) is 12.8 Å². The minimum absolute atomic E-state index is 0.0373. The second-order valence-corrected chi connectivity index (χ2v) is 6.37. The van der Waals surface area contributed by atoms with E-state index in [1.54, 1.807) is 0 Å². The number of hydrogen-bond acceptors (Lipinski definition) is 5. The third-order valence-electron chi connectivity index (χ3n) is 3.83. The van der Waals surface area contributed by atoms with Crippen LogP contribution in [0.1, 0.15) is 31.4 Å². The van der Waals surface area contributed by atoms with Crippen LogP contribution in [0.5, 0.6) is 0 Å². The van der Waals surface area contributed by atoms with Gasteiger partial charge in [0.1, 0.15) is 0 Å². The van der Waals surface area contributed by atoms with Crippen LogP contribution in [0.2, 0.25) is 0 Å². The minimum Gasteiger partial charge on any atom is -0.392 e. The van der Waals surface area contributed by atoms with E-state index in [4.69, 9.17) is 0 Å². The van der Waals surface area contributed by atoms with Gasteiger partial charge in [-0.25, -0.2) is 0 Å². The molecule has 1 aliphatic heterocycles. The second kappa shape index (κ2) is 6.11. The number of carbonyl (C=O) groups excluding carboxylic acids is 1. The Morgan fingerprint density at radius 3 is 3.15 bits per heavy atom. The highest BCUT2D eigenvalue weighted by Gasteiger charge is 2.22. The van der Waals surface area contributed by atoms with Crippen LogP contribution in [0.4, 0.5) is 5.69 Å². The zero-order chi connectivity index (χ0) is 13.9. The van der Waals surface area contributed by atoms with Crippen LogP contribution in [-0.2, 0) is 11.3 Å². The number of pyridine rings is 1. The number of hydrogen-bond donors (Lipinski definition) is 3. The molecule has 1 fully saturated rings. The number of anilines is 1. The number of carbonyl (C=O) groups is 1. The molecule has 2 heterocycles. The Kier molecular flexibility index (Phi) is 4.24. The van der Waals surface area contributed by atoms with Gasteiger partial charge in [0, 0.05) is 23.7 Å². The molecule has 6 heteroatoms. The summed E-state index contributed by atoms with van der Waals surface area (Å²) in [5.41, 5.74) is 1.74. The highest BCUT2D eigenvalue weighted by molar-refractivity contribution is 8.00. The molecule has 1 aliphatic carbocycles. The fourth-order valence-electron chi connectivity index (χ4n) is 2.71. The van der Waals surface area contributed by atoms with E-state index in [-0.39, 0.29) is 18.1 Å². The molecular weight excluding hydrogens is 274 g/mol. The van der Waals surface area contributed by atoms with Gasteiger partial charge >= 0.3 is 0 Å². The Morgan fingerprint density at radius 1 is 1.45 bits per heavy atom. The molecule has 1 saturated carbocycles. The van der Waals surface area contributed by atoms with Gasteiger partial charge in [0.25, 0.3) is 0 Å². The van der Waals surface area contributed by atoms with Gasteiger partial charge in [-0.2, -0.15) is 0 Å². The summed E-state index contributed by atoms with van der Waals surface area (Å²) in [6, 6.07) is 2.08. The summed E-state index contributed by atoms with van der Waals surface area (Å²) < 4.78 is 0. The van der Waals surface area contributed by atoms with Gasteiger partial charge in [-0.3, -0.25) is 9.78 Å². The van der Waals surface area contributed by atoms with Crippen molar-refractivity contribution in [1.29, 1.82) is 0 Å². The number of fused-ring (bicyclic) bond motifs is 1. The van der Waals surface area contributed by atoms with E-state index in [2.05, 4.69) is 15.6 Å². The van der Waals surface area contributed by atoms with Crippen molar-refractivity contribution in [2.24, 2.45) is 0 Å². The topological polar surface area (TPSA) is 74.2 Å². The highest BCUT2D eigenvalue weighted by atomic mass is 32.2. The van der Waals surface area contributed by atoms with Crippen LogP contribution < -0.4 is 10.6 Å². The first-order chi connectivity index (χ1) is 9.72. The molecule has 108 valence electrons. The molecule has 1 aromatic rings. The number of amides is 1. The van der Waals surface area contributed by atoms with Crippen molar-refractivity contribution in [1.82, 2.24) is 10.3 Å². The number of aliphatic hydroxyl groups excluding tert-OH is 1. The summed E-state index contributed by atoms with van der Waals surface area (Å²) in [5, 5.41) is 16.2. The lowest BCUT2D eigenvalue weighted by molar-refractivity contribution is -0.113.